The van der Waals surface area contributed by atoms with Gasteiger partial charge in [-0.05, 0) is 30.6 Å². The number of piperidine rings is 1. The number of likely N-dealkylation sites (tertiary alicyclic amines) is 1. The van der Waals surface area contributed by atoms with E-state index in [1.807, 2.05) is 0 Å². The molecule has 0 N–H and O–H groups in total. The van der Waals surface area contributed by atoms with Gasteiger partial charge in [-0.3, -0.25) is 0 Å². The monoisotopic (exact) mass is 231 g/mol. The van der Waals surface area contributed by atoms with E-state index in [2.05, 4.69) is 11.8 Å². The van der Waals surface area contributed by atoms with Crippen LogP contribution in [0.25, 0.3) is 0 Å². The highest BCUT2D eigenvalue weighted by Crippen LogP contribution is 2.24. The molecule has 2 nitrogen and oxygen atoms in total. The van der Waals surface area contributed by atoms with Gasteiger partial charge in [0.15, 0.2) is 0 Å². The van der Waals surface area contributed by atoms with Crippen molar-refractivity contribution in [1.29, 1.82) is 0 Å². The average Bonchev–Trinajstić information content (AvgIpc) is 2.69. The molecule has 88 valence electrons. The van der Waals surface area contributed by atoms with Crippen LogP contribution in [0.15, 0.2) is 0 Å². The van der Waals surface area contributed by atoms with E-state index in [1.54, 1.807) is 0 Å². The molecule has 0 radical (unpaired) electrons. The van der Waals surface area contributed by atoms with Crippen molar-refractivity contribution in [2.24, 2.45) is 17.8 Å². The number of hydrogen-bond acceptors (Lipinski definition) is 2. The summed E-state index contributed by atoms with van der Waals surface area (Å²) in [6, 6.07) is 0. The van der Waals surface area contributed by atoms with Crippen LogP contribution in [0.3, 0.4) is 0 Å². The van der Waals surface area contributed by atoms with E-state index >= 15 is 0 Å². The SMILES string of the molecule is CC1CC(CCl)CN(CC2CCOC2)C1. The molecule has 0 aliphatic carbocycles. The zero-order chi connectivity index (χ0) is 10.7. The number of alkyl halides is 1. The van der Waals surface area contributed by atoms with Gasteiger partial charge in [0, 0.05) is 32.1 Å². The fourth-order valence-corrected chi connectivity index (χ4v) is 3.18. The van der Waals surface area contributed by atoms with E-state index in [4.69, 9.17) is 16.3 Å². The Labute approximate surface area is 97.9 Å². The zero-order valence-corrected chi connectivity index (χ0v) is 10.4. The lowest BCUT2D eigenvalue weighted by Crippen LogP contribution is -2.42. The first kappa shape index (κ1) is 11.7. The van der Waals surface area contributed by atoms with Gasteiger partial charge in [-0.25, -0.2) is 0 Å². The van der Waals surface area contributed by atoms with Gasteiger partial charge in [0.05, 0.1) is 6.61 Å². The van der Waals surface area contributed by atoms with Gasteiger partial charge in [0.2, 0.25) is 0 Å². The van der Waals surface area contributed by atoms with Gasteiger partial charge in [-0.2, -0.15) is 0 Å². The Bertz CT molecular complexity index is 194. The number of rotatable bonds is 3. The van der Waals surface area contributed by atoms with Crippen LogP contribution >= 0.6 is 11.6 Å². The minimum absolute atomic E-state index is 0.706. The van der Waals surface area contributed by atoms with E-state index in [1.165, 1.54) is 32.5 Å². The highest BCUT2D eigenvalue weighted by molar-refractivity contribution is 6.18. The van der Waals surface area contributed by atoms with E-state index in [0.717, 1.165) is 30.9 Å². The Morgan fingerprint density at radius 2 is 2.20 bits per heavy atom. The molecule has 2 heterocycles. The van der Waals surface area contributed by atoms with Crippen LogP contribution in [-0.4, -0.2) is 43.6 Å². The van der Waals surface area contributed by atoms with Crippen LogP contribution in [0.4, 0.5) is 0 Å². The zero-order valence-electron chi connectivity index (χ0n) is 9.62. The second kappa shape index (κ2) is 5.51. The summed E-state index contributed by atoms with van der Waals surface area (Å²) in [5.74, 6) is 3.11. The molecule has 0 bridgehead atoms. The average molecular weight is 232 g/mol. The van der Waals surface area contributed by atoms with Crippen LogP contribution in [-0.2, 0) is 4.74 Å². The van der Waals surface area contributed by atoms with Crippen molar-refractivity contribution in [3.05, 3.63) is 0 Å². The number of ether oxygens (including phenoxy) is 1. The van der Waals surface area contributed by atoms with E-state index in [-0.39, 0.29) is 0 Å². The van der Waals surface area contributed by atoms with E-state index < -0.39 is 0 Å². The van der Waals surface area contributed by atoms with Gasteiger partial charge in [-0.1, -0.05) is 6.92 Å². The summed E-state index contributed by atoms with van der Waals surface area (Å²) in [4.78, 5) is 2.60. The predicted octanol–water partition coefficient (Wildman–Crippen LogP) is 2.22. The third-order valence-electron chi connectivity index (χ3n) is 3.58. The van der Waals surface area contributed by atoms with Crippen molar-refractivity contribution in [3.63, 3.8) is 0 Å². The Balaban J connectivity index is 1.80. The summed E-state index contributed by atoms with van der Waals surface area (Å²) in [5, 5.41) is 0. The Kier molecular flexibility index (Phi) is 4.30. The molecule has 3 heteroatoms. The molecular formula is C12H22ClNO. The first-order chi connectivity index (χ1) is 7.28. The molecule has 2 aliphatic heterocycles. The third-order valence-corrected chi connectivity index (χ3v) is 4.02. The fraction of sp³-hybridized carbons (Fsp3) is 1.00. The maximum atomic E-state index is 5.98. The molecule has 0 spiro atoms. The molecule has 2 aliphatic rings. The largest absolute Gasteiger partial charge is 0.381 e. The van der Waals surface area contributed by atoms with Crippen LogP contribution in [0.1, 0.15) is 19.8 Å². The highest BCUT2D eigenvalue weighted by atomic mass is 35.5. The maximum Gasteiger partial charge on any atom is 0.0507 e. The number of hydrogen-bond donors (Lipinski definition) is 0. The summed E-state index contributed by atoms with van der Waals surface area (Å²) in [6.45, 7) is 7.95. The summed E-state index contributed by atoms with van der Waals surface area (Å²) in [5.41, 5.74) is 0. The first-order valence-electron chi connectivity index (χ1n) is 6.14. The second-order valence-electron chi connectivity index (χ2n) is 5.31. The predicted molar refractivity (Wildman–Crippen MR) is 63.4 cm³/mol. The number of nitrogens with zero attached hydrogens (tertiary/aromatic N) is 1. The van der Waals surface area contributed by atoms with Gasteiger partial charge >= 0.3 is 0 Å². The molecule has 2 fully saturated rings. The van der Waals surface area contributed by atoms with Gasteiger partial charge in [0.1, 0.15) is 0 Å². The summed E-state index contributed by atoms with van der Waals surface area (Å²) in [7, 11) is 0. The van der Waals surface area contributed by atoms with Crippen LogP contribution in [0.2, 0.25) is 0 Å². The topological polar surface area (TPSA) is 12.5 Å². The van der Waals surface area contributed by atoms with Crippen molar-refractivity contribution < 1.29 is 4.74 Å². The molecule has 0 aromatic heterocycles. The van der Waals surface area contributed by atoms with Crippen molar-refractivity contribution in [3.8, 4) is 0 Å². The summed E-state index contributed by atoms with van der Waals surface area (Å²) >= 11 is 5.98. The van der Waals surface area contributed by atoms with Gasteiger partial charge in [0.25, 0.3) is 0 Å². The molecule has 0 aromatic rings. The van der Waals surface area contributed by atoms with Gasteiger partial charge < -0.3 is 9.64 Å². The fourth-order valence-electron chi connectivity index (χ4n) is 2.95. The molecule has 0 saturated carbocycles. The molecule has 3 atom stereocenters. The lowest BCUT2D eigenvalue weighted by Gasteiger charge is -2.36. The normalized spacial score (nSPS) is 38.4. The lowest BCUT2D eigenvalue weighted by atomic mass is 9.91. The minimum atomic E-state index is 0.706. The molecule has 3 unspecified atom stereocenters. The molecule has 0 amide bonds. The quantitative estimate of drug-likeness (QED) is 0.691. The Hall–Kier alpha value is 0.210. The van der Waals surface area contributed by atoms with E-state index in [0.29, 0.717) is 5.92 Å². The van der Waals surface area contributed by atoms with Crippen molar-refractivity contribution in [1.82, 2.24) is 4.90 Å². The highest BCUT2D eigenvalue weighted by Gasteiger charge is 2.27. The number of halogens is 1. The van der Waals surface area contributed by atoms with E-state index in [9.17, 15) is 0 Å². The second-order valence-corrected chi connectivity index (χ2v) is 5.62. The minimum Gasteiger partial charge on any atom is -0.381 e. The van der Waals surface area contributed by atoms with Crippen LogP contribution in [0.5, 0.6) is 0 Å². The van der Waals surface area contributed by atoms with Crippen LogP contribution in [0, 0.1) is 17.8 Å². The molecule has 15 heavy (non-hydrogen) atoms. The van der Waals surface area contributed by atoms with Crippen LogP contribution < -0.4 is 0 Å². The van der Waals surface area contributed by atoms with Gasteiger partial charge in [-0.15, -0.1) is 11.6 Å². The Morgan fingerprint density at radius 1 is 1.33 bits per heavy atom. The maximum absolute atomic E-state index is 5.98. The van der Waals surface area contributed by atoms with Crippen molar-refractivity contribution in [2.75, 3.05) is 38.7 Å². The Morgan fingerprint density at radius 3 is 2.87 bits per heavy atom. The molecule has 2 saturated heterocycles. The molecule has 0 aromatic carbocycles. The van der Waals surface area contributed by atoms with Crippen molar-refractivity contribution in [2.45, 2.75) is 19.8 Å². The summed E-state index contributed by atoms with van der Waals surface area (Å²) < 4.78 is 5.43. The summed E-state index contributed by atoms with van der Waals surface area (Å²) in [6.07, 6.45) is 2.55. The smallest absolute Gasteiger partial charge is 0.0507 e. The third kappa shape index (κ3) is 3.33. The molecule has 2 rings (SSSR count). The standard InChI is InChI=1S/C12H22ClNO/c1-10-4-12(5-13)8-14(6-10)7-11-2-3-15-9-11/h10-12H,2-9H2,1H3. The molecular weight excluding hydrogens is 210 g/mol. The first-order valence-corrected chi connectivity index (χ1v) is 6.67. The lowest BCUT2D eigenvalue weighted by molar-refractivity contribution is 0.114. The van der Waals surface area contributed by atoms with Crippen molar-refractivity contribution >= 4 is 11.6 Å².